The molecule has 0 aromatic carbocycles. The molecule has 6 nitrogen and oxygen atoms in total. The smallest absolute Gasteiger partial charge is 0.323 e. The van der Waals surface area contributed by atoms with Crippen LogP contribution in [-0.2, 0) is 0 Å². The molecule has 0 aliphatic carbocycles. The van der Waals surface area contributed by atoms with Gasteiger partial charge in [0.15, 0.2) is 0 Å². The fourth-order valence-corrected chi connectivity index (χ4v) is 1.37. The Morgan fingerprint density at radius 3 is 2.86 bits per heavy atom. The number of aliphatic hydroxyl groups excluding tert-OH is 1. The maximum atomic E-state index is 11.4. The van der Waals surface area contributed by atoms with Crippen molar-refractivity contribution in [1.29, 1.82) is 0 Å². The molecule has 2 amide bonds. The zero-order chi connectivity index (χ0) is 10.6. The van der Waals surface area contributed by atoms with Crippen molar-refractivity contribution in [3.63, 3.8) is 0 Å². The second kappa shape index (κ2) is 4.87. The van der Waals surface area contributed by atoms with Gasteiger partial charge in [0.25, 0.3) is 0 Å². The minimum absolute atomic E-state index is 0.0565. The van der Waals surface area contributed by atoms with E-state index in [1.54, 1.807) is 7.05 Å². The first kappa shape index (κ1) is 10.9. The molecule has 0 bridgehead atoms. The monoisotopic (exact) mass is 216 g/mol. The van der Waals surface area contributed by atoms with E-state index in [0.29, 0.717) is 11.7 Å². The summed E-state index contributed by atoms with van der Waals surface area (Å²) in [6.45, 7) is 2.05. The van der Waals surface area contributed by atoms with E-state index in [-0.39, 0.29) is 12.6 Å². The molecule has 0 spiro atoms. The molecule has 78 valence electrons. The van der Waals surface area contributed by atoms with E-state index in [9.17, 15) is 4.79 Å². The molecule has 7 heteroatoms. The van der Waals surface area contributed by atoms with Gasteiger partial charge in [0.2, 0.25) is 5.13 Å². The van der Waals surface area contributed by atoms with Gasteiger partial charge in [-0.3, -0.25) is 5.32 Å². The maximum absolute atomic E-state index is 11.4. The molecule has 14 heavy (non-hydrogen) atoms. The lowest BCUT2D eigenvalue weighted by molar-refractivity contribution is 0.202. The summed E-state index contributed by atoms with van der Waals surface area (Å²) in [6, 6.07) is -0.296. The van der Waals surface area contributed by atoms with Crippen LogP contribution in [0.2, 0.25) is 0 Å². The molecule has 0 unspecified atom stereocenters. The van der Waals surface area contributed by atoms with Crippen LogP contribution in [0.5, 0.6) is 0 Å². The number of likely N-dealkylation sites (N-methyl/N-ethyl adjacent to an activating group) is 1. The standard InChI is InChI=1S/C7H12N4O2S/c1-5-9-10-6(14-5)8-7(13)11(2)3-4-12/h12H,3-4H2,1-2H3,(H,8,10,13). The van der Waals surface area contributed by atoms with E-state index in [1.165, 1.54) is 16.2 Å². The maximum Gasteiger partial charge on any atom is 0.323 e. The molecule has 1 heterocycles. The summed E-state index contributed by atoms with van der Waals surface area (Å²) in [5, 5.41) is 19.9. The minimum Gasteiger partial charge on any atom is -0.395 e. The molecule has 1 rings (SSSR count). The number of carbonyl (C=O) groups excluding carboxylic acids is 1. The Balaban J connectivity index is 2.48. The van der Waals surface area contributed by atoms with Crippen molar-refractivity contribution in [1.82, 2.24) is 15.1 Å². The summed E-state index contributed by atoms with van der Waals surface area (Å²) >= 11 is 1.31. The molecule has 0 saturated carbocycles. The van der Waals surface area contributed by atoms with Crippen molar-refractivity contribution in [3.8, 4) is 0 Å². The highest BCUT2D eigenvalue weighted by atomic mass is 32.1. The van der Waals surface area contributed by atoms with Gasteiger partial charge in [-0.2, -0.15) is 0 Å². The van der Waals surface area contributed by atoms with Crippen molar-refractivity contribution in [2.24, 2.45) is 0 Å². The van der Waals surface area contributed by atoms with Crippen molar-refractivity contribution < 1.29 is 9.90 Å². The Hall–Kier alpha value is -1.21. The second-order valence-corrected chi connectivity index (χ2v) is 3.88. The van der Waals surface area contributed by atoms with Crippen molar-refractivity contribution in [2.45, 2.75) is 6.92 Å². The molecule has 2 N–H and O–H groups in total. The molecule has 0 atom stereocenters. The van der Waals surface area contributed by atoms with Crippen LogP contribution < -0.4 is 5.32 Å². The normalized spacial score (nSPS) is 9.93. The van der Waals surface area contributed by atoms with Crippen LogP contribution in [0, 0.1) is 6.92 Å². The van der Waals surface area contributed by atoms with Crippen LogP contribution in [0.1, 0.15) is 5.01 Å². The van der Waals surface area contributed by atoms with E-state index in [2.05, 4.69) is 15.5 Å². The molecular formula is C7H12N4O2S. The van der Waals surface area contributed by atoms with Crippen LogP contribution in [0.25, 0.3) is 0 Å². The Kier molecular flexibility index (Phi) is 3.78. The highest BCUT2D eigenvalue weighted by Gasteiger charge is 2.09. The van der Waals surface area contributed by atoms with Gasteiger partial charge in [-0.05, 0) is 6.92 Å². The molecule has 0 fully saturated rings. The second-order valence-electron chi connectivity index (χ2n) is 2.70. The SMILES string of the molecule is Cc1nnc(NC(=O)N(C)CCO)s1. The van der Waals surface area contributed by atoms with E-state index in [4.69, 9.17) is 5.11 Å². The number of hydrogen-bond donors (Lipinski definition) is 2. The number of aryl methyl sites for hydroxylation is 1. The third-order valence-corrected chi connectivity index (χ3v) is 2.28. The van der Waals surface area contributed by atoms with Gasteiger partial charge in [0, 0.05) is 13.6 Å². The third kappa shape index (κ3) is 2.93. The number of nitrogens with one attached hydrogen (secondary N) is 1. The fraction of sp³-hybridized carbons (Fsp3) is 0.571. The number of amides is 2. The van der Waals surface area contributed by atoms with Crippen LogP contribution in [0.15, 0.2) is 0 Å². The number of hydrogen-bond acceptors (Lipinski definition) is 5. The lowest BCUT2D eigenvalue weighted by Gasteiger charge is -2.14. The van der Waals surface area contributed by atoms with Gasteiger partial charge < -0.3 is 10.0 Å². The van der Waals surface area contributed by atoms with Crippen LogP contribution in [0.3, 0.4) is 0 Å². The Morgan fingerprint density at radius 2 is 2.36 bits per heavy atom. The number of carbonyl (C=O) groups is 1. The fourth-order valence-electron chi connectivity index (χ4n) is 0.786. The Bertz CT molecular complexity index is 314. The number of anilines is 1. The summed E-state index contributed by atoms with van der Waals surface area (Å²) in [7, 11) is 1.60. The number of aromatic nitrogens is 2. The summed E-state index contributed by atoms with van der Waals surface area (Å²) in [5.74, 6) is 0. The summed E-state index contributed by atoms with van der Waals surface area (Å²) in [5.41, 5.74) is 0. The molecule has 1 aromatic heterocycles. The molecule has 0 aliphatic rings. The van der Waals surface area contributed by atoms with Crippen molar-refractivity contribution in [3.05, 3.63) is 5.01 Å². The predicted octanol–water partition coefficient (Wildman–Crippen LogP) is 0.303. The average molecular weight is 216 g/mol. The largest absolute Gasteiger partial charge is 0.395 e. The lowest BCUT2D eigenvalue weighted by Crippen LogP contribution is -2.33. The first-order valence-corrected chi connectivity index (χ1v) is 4.88. The van der Waals surface area contributed by atoms with Gasteiger partial charge >= 0.3 is 6.03 Å². The molecular weight excluding hydrogens is 204 g/mol. The average Bonchev–Trinajstić information content (AvgIpc) is 2.51. The lowest BCUT2D eigenvalue weighted by atomic mass is 10.6. The van der Waals surface area contributed by atoms with Gasteiger partial charge in [0.1, 0.15) is 5.01 Å². The minimum atomic E-state index is -0.296. The van der Waals surface area contributed by atoms with Crippen LogP contribution in [-0.4, -0.2) is 46.4 Å². The Labute approximate surface area is 85.6 Å². The molecule has 0 aliphatic heterocycles. The number of rotatable bonds is 3. The number of urea groups is 1. The van der Waals surface area contributed by atoms with Crippen LogP contribution in [0.4, 0.5) is 9.93 Å². The predicted molar refractivity (Wildman–Crippen MR) is 53.4 cm³/mol. The number of nitrogens with zero attached hydrogens (tertiary/aromatic N) is 3. The first-order chi connectivity index (χ1) is 6.63. The quantitative estimate of drug-likeness (QED) is 0.761. The highest BCUT2D eigenvalue weighted by Crippen LogP contribution is 2.13. The molecule has 0 radical (unpaired) electrons. The van der Waals surface area contributed by atoms with Crippen molar-refractivity contribution >= 4 is 22.5 Å². The highest BCUT2D eigenvalue weighted by molar-refractivity contribution is 7.15. The van der Waals surface area contributed by atoms with Crippen molar-refractivity contribution in [2.75, 3.05) is 25.5 Å². The van der Waals surface area contributed by atoms with Gasteiger partial charge in [-0.1, -0.05) is 11.3 Å². The van der Waals surface area contributed by atoms with E-state index in [0.717, 1.165) is 5.01 Å². The summed E-state index contributed by atoms with van der Waals surface area (Å²) in [4.78, 5) is 12.7. The van der Waals surface area contributed by atoms with Gasteiger partial charge in [-0.25, -0.2) is 4.79 Å². The summed E-state index contributed by atoms with van der Waals surface area (Å²) in [6.07, 6.45) is 0. The topological polar surface area (TPSA) is 78.4 Å². The van der Waals surface area contributed by atoms with Gasteiger partial charge in [0.05, 0.1) is 6.61 Å². The third-order valence-electron chi connectivity index (χ3n) is 1.52. The first-order valence-electron chi connectivity index (χ1n) is 4.06. The van der Waals surface area contributed by atoms with Crippen LogP contribution >= 0.6 is 11.3 Å². The zero-order valence-corrected chi connectivity index (χ0v) is 8.84. The van der Waals surface area contributed by atoms with Gasteiger partial charge in [-0.15, -0.1) is 10.2 Å². The van der Waals surface area contributed by atoms with E-state index >= 15 is 0 Å². The zero-order valence-electron chi connectivity index (χ0n) is 8.02. The number of aliphatic hydroxyl groups is 1. The Morgan fingerprint density at radius 1 is 1.64 bits per heavy atom. The molecule has 1 aromatic rings. The summed E-state index contributed by atoms with van der Waals surface area (Å²) < 4.78 is 0. The molecule has 0 saturated heterocycles. The van der Waals surface area contributed by atoms with E-state index in [1.807, 2.05) is 6.92 Å². The van der Waals surface area contributed by atoms with E-state index < -0.39 is 0 Å².